The molecule has 4 aromatic rings. The van der Waals surface area contributed by atoms with Gasteiger partial charge in [-0.2, -0.15) is 0 Å². The van der Waals surface area contributed by atoms with Crippen molar-refractivity contribution in [2.45, 2.75) is 12.5 Å². The second kappa shape index (κ2) is 9.55. The smallest absolute Gasteiger partial charge is 0.254 e. The summed E-state index contributed by atoms with van der Waals surface area (Å²) in [6.45, 7) is 0.550. The Bertz CT molecular complexity index is 1310. The van der Waals surface area contributed by atoms with Gasteiger partial charge in [0.2, 0.25) is 0 Å². The summed E-state index contributed by atoms with van der Waals surface area (Å²) in [6, 6.07) is 28.4. The normalized spacial score (nSPS) is 14.8. The molecule has 1 amide bonds. The number of rotatable bonds is 5. The first-order valence-corrected chi connectivity index (χ1v) is 11.6. The first-order chi connectivity index (χ1) is 17.1. The molecule has 1 aliphatic rings. The number of phenolic OH excluding ortho intramolecular Hbond substituents is 1. The molecule has 0 bridgehead atoms. The van der Waals surface area contributed by atoms with E-state index >= 15 is 0 Å². The molecule has 1 unspecified atom stereocenters. The lowest BCUT2D eigenvalue weighted by atomic mass is 9.86. The summed E-state index contributed by atoms with van der Waals surface area (Å²) >= 11 is 0. The van der Waals surface area contributed by atoms with Crippen LogP contribution in [0.25, 0.3) is 11.1 Å². The number of hydrogen-bond acceptors (Lipinski definition) is 4. The number of benzene rings is 4. The van der Waals surface area contributed by atoms with Gasteiger partial charge >= 0.3 is 0 Å². The molecule has 0 fully saturated rings. The van der Waals surface area contributed by atoms with Crippen LogP contribution in [0.15, 0.2) is 91.0 Å². The van der Waals surface area contributed by atoms with E-state index in [1.165, 1.54) is 0 Å². The molecule has 5 rings (SSSR count). The number of phenols is 1. The number of amides is 1. The zero-order chi connectivity index (χ0) is 24.4. The van der Waals surface area contributed by atoms with Crippen molar-refractivity contribution in [2.24, 2.45) is 0 Å². The third-order valence-electron chi connectivity index (χ3n) is 6.57. The van der Waals surface area contributed by atoms with Gasteiger partial charge in [0.25, 0.3) is 5.91 Å². The highest BCUT2D eigenvalue weighted by Gasteiger charge is 2.35. The van der Waals surface area contributed by atoms with E-state index in [9.17, 15) is 9.90 Å². The third-order valence-corrected chi connectivity index (χ3v) is 6.57. The fraction of sp³-hybridized carbons (Fsp3) is 0.167. The number of aromatic hydroxyl groups is 1. The number of fused-ring (bicyclic) bond motifs is 1. The van der Waals surface area contributed by atoms with E-state index in [1.54, 1.807) is 26.4 Å². The van der Waals surface area contributed by atoms with Gasteiger partial charge in [0, 0.05) is 23.7 Å². The molecule has 0 aromatic heterocycles. The summed E-state index contributed by atoms with van der Waals surface area (Å²) in [5.74, 6) is 1.53. The molecule has 0 saturated heterocycles. The molecule has 176 valence electrons. The average molecular weight is 466 g/mol. The molecular weight excluding hydrogens is 438 g/mol. The molecule has 0 radical (unpaired) electrons. The van der Waals surface area contributed by atoms with Crippen LogP contribution in [0.3, 0.4) is 0 Å². The summed E-state index contributed by atoms with van der Waals surface area (Å²) in [6.07, 6.45) is 0.686. The Morgan fingerprint density at radius 2 is 1.54 bits per heavy atom. The largest absolute Gasteiger partial charge is 0.508 e. The minimum absolute atomic E-state index is 0.0498. The van der Waals surface area contributed by atoms with Gasteiger partial charge in [-0.3, -0.25) is 4.79 Å². The number of ether oxygens (including phenoxy) is 2. The van der Waals surface area contributed by atoms with Crippen LogP contribution in [-0.4, -0.2) is 36.7 Å². The molecule has 5 heteroatoms. The van der Waals surface area contributed by atoms with E-state index in [1.807, 2.05) is 71.6 Å². The van der Waals surface area contributed by atoms with E-state index in [0.29, 0.717) is 24.3 Å². The Hall–Kier alpha value is -4.25. The lowest BCUT2D eigenvalue weighted by Gasteiger charge is -2.38. The molecule has 5 nitrogen and oxygen atoms in total. The van der Waals surface area contributed by atoms with Crippen LogP contribution in [0.4, 0.5) is 0 Å². The van der Waals surface area contributed by atoms with Gasteiger partial charge in [0.1, 0.15) is 17.2 Å². The molecule has 1 aliphatic heterocycles. The van der Waals surface area contributed by atoms with Crippen LogP contribution in [-0.2, 0) is 6.42 Å². The molecule has 1 atom stereocenters. The zero-order valence-corrected chi connectivity index (χ0v) is 19.8. The molecule has 0 saturated carbocycles. The maximum Gasteiger partial charge on any atom is 0.254 e. The van der Waals surface area contributed by atoms with Gasteiger partial charge in [-0.1, -0.05) is 54.6 Å². The van der Waals surface area contributed by atoms with Crippen molar-refractivity contribution < 1.29 is 19.4 Å². The van der Waals surface area contributed by atoms with Gasteiger partial charge < -0.3 is 19.5 Å². The summed E-state index contributed by atoms with van der Waals surface area (Å²) < 4.78 is 11.2. The monoisotopic (exact) mass is 465 g/mol. The first kappa shape index (κ1) is 22.5. The Labute approximate surface area is 205 Å². The highest BCUT2D eigenvalue weighted by Crippen LogP contribution is 2.43. The van der Waals surface area contributed by atoms with Crippen LogP contribution in [0.2, 0.25) is 0 Å². The second-order valence-electron chi connectivity index (χ2n) is 8.59. The lowest BCUT2D eigenvalue weighted by molar-refractivity contribution is 0.0692. The fourth-order valence-electron chi connectivity index (χ4n) is 4.81. The van der Waals surface area contributed by atoms with E-state index in [4.69, 9.17) is 9.47 Å². The zero-order valence-electron chi connectivity index (χ0n) is 19.8. The first-order valence-electron chi connectivity index (χ1n) is 11.6. The predicted molar refractivity (Wildman–Crippen MR) is 136 cm³/mol. The van der Waals surface area contributed by atoms with Crippen molar-refractivity contribution in [1.82, 2.24) is 4.90 Å². The number of nitrogens with zero attached hydrogens (tertiary/aromatic N) is 1. The molecule has 1 heterocycles. The number of methoxy groups -OCH3 is 2. The van der Waals surface area contributed by atoms with E-state index in [-0.39, 0.29) is 17.7 Å². The van der Waals surface area contributed by atoms with Crippen LogP contribution < -0.4 is 9.47 Å². The minimum Gasteiger partial charge on any atom is -0.508 e. The number of carbonyl (C=O) groups excluding carboxylic acids is 1. The number of hydrogen-bond donors (Lipinski definition) is 1. The molecule has 0 aliphatic carbocycles. The van der Waals surface area contributed by atoms with Crippen LogP contribution in [0.5, 0.6) is 17.2 Å². The van der Waals surface area contributed by atoms with Crippen molar-refractivity contribution in [1.29, 1.82) is 0 Å². The topological polar surface area (TPSA) is 59.0 Å². The van der Waals surface area contributed by atoms with Crippen molar-refractivity contribution in [2.75, 3.05) is 20.8 Å². The highest BCUT2D eigenvalue weighted by atomic mass is 16.5. The van der Waals surface area contributed by atoms with Gasteiger partial charge in [-0.15, -0.1) is 0 Å². The van der Waals surface area contributed by atoms with Crippen LogP contribution >= 0.6 is 0 Å². The van der Waals surface area contributed by atoms with E-state index in [2.05, 4.69) is 12.1 Å². The maximum atomic E-state index is 13.8. The van der Waals surface area contributed by atoms with E-state index < -0.39 is 0 Å². The molecule has 4 aromatic carbocycles. The molecule has 35 heavy (non-hydrogen) atoms. The van der Waals surface area contributed by atoms with Crippen molar-refractivity contribution in [3.63, 3.8) is 0 Å². The van der Waals surface area contributed by atoms with Crippen molar-refractivity contribution in [3.05, 3.63) is 113 Å². The molecular formula is C30H27NO4. The SMILES string of the molecule is COc1cc2c(c(OC)c1)C(c1ccc(O)cc1)N(C(=O)c1ccc(-c3ccccc3)cc1)CC2. The van der Waals surface area contributed by atoms with E-state index in [0.717, 1.165) is 33.6 Å². The van der Waals surface area contributed by atoms with Crippen molar-refractivity contribution in [3.8, 4) is 28.4 Å². The Morgan fingerprint density at radius 1 is 0.857 bits per heavy atom. The van der Waals surface area contributed by atoms with Crippen LogP contribution in [0.1, 0.15) is 33.1 Å². The minimum atomic E-state index is -0.360. The standard InChI is InChI=1S/C30H27NO4/c1-34-26-18-24-16-17-31(29(28(24)27(19-26)35-2)22-12-14-25(32)15-13-22)30(33)23-10-8-21(9-11-23)20-6-4-3-5-7-20/h3-15,18-19,29,32H,16-17H2,1-2H3. The Morgan fingerprint density at radius 3 is 2.20 bits per heavy atom. The Kier molecular flexibility index (Phi) is 6.15. The quantitative estimate of drug-likeness (QED) is 0.401. The van der Waals surface area contributed by atoms with Gasteiger partial charge in [-0.05, 0) is 59.0 Å². The van der Waals surface area contributed by atoms with Crippen LogP contribution in [0, 0.1) is 0 Å². The van der Waals surface area contributed by atoms with Crippen molar-refractivity contribution >= 4 is 5.91 Å². The van der Waals surface area contributed by atoms with Gasteiger partial charge in [-0.25, -0.2) is 0 Å². The van der Waals surface area contributed by atoms with Gasteiger partial charge in [0.05, 0.1) is 20.3 Å². The summed E-state index contributed by atoms with van der Waals surface area (Å²) in [5.41, 5.74) is 5.74. The third kappa shape index (κ3) is 4.33. The summed E-state index contributed by atoms with van der Waals surface area (Å²) in [4.78, 5) is 15.7. The molecule has 1 N–H and O–H groups in total. The summed E-state index contributed by atoms with van der Waals surface area (Å²) in [5, 5.41) is 9.87. The molecule has 0 spiro atoms. The Balaban J connectivity index is 1.56. The second-order valence-corrected chi connectivity index (χ2v) is 8.59. The maximum absolute atomic E-state index is 13.8. The van der Waals surface area contributed by atoms with Gasteiger partial charge in [0.15, 0.2) is 0 Å². The number of carbonyl (C=O) groups is 1. The summed E-state index contributed by atoms with van der Waals surface area (Å²) in [7, 11) is 3.27. The highest BCUT2D eigenvalue weighted by molar-refractivity contribution is 5.95. The predicted octanol–water partition coefficient (Wildman–Crippen LogP) is 5.86. The average Bonchev–Trinajstić information content (AvgIpc) is 2.92. The fourth-order valence-corrected chi connectivity index (χ4v) is 4.81. The lowest BCUT2D eigenvalue weighted by Crippen LogP contribution is -2.40.